The summed E-state index contributed by atoms with van der Waals surface area (Å²) in [7, 11) is 4.01. The highest BCUT2D eigenvalue weighted by atomic mass is 35.5. The van der Waals surface area contributed by atoms with Crippen LogP contribution in [0.5, 0.6) is 0 Å². The lowest BCUT2D eigenvalue weighted by Gasteiger charge is -2.08. The van der Waals surface area contributed by atoms with Gasteiger partial charge in [-0.1, -0.05) is 23.7 Å². The van der Waals surface area contributed by atoms with Crippen LogP contribution in [0.2, 0.25) is 5.02 Å². The Morgan fingerprint density at radius 1 is 1.07 bits per heavy atom. The fraction of sp³-hybridized carbons (Fsp3) is 0.278. The van der Waals surface area contributed by atoms with Crippen LogP contribution in [0.25, 0.3) is 16.8 Å². The van der Waals surface area contributed by atoms with Gasteiger partial charge in [-0.2, -0.15) is 5.10 Å². The molecule has 0 aliphatic rings. The molecular formula is C18H17ClN4O5. The van der Waals surface area contributed by atoms with Crippen LogP contribution >= 0.6 is 11.6 Å². The second kappa shape index (κ2) is 8.32. The number of carbonyl (C=O) groups is 2. The normalized spacial score (nSPS) is 10.9. The van der Waals surface area contributed by atoms with Crippen molar-refractivity contribution in [2.75, 3.05) is 21.3 Å². The van der Waals surface area contributed by atoms with Crippen LogP contribution in [0.3, 0.4) is 0 Å². The van der Waals surface area contributed by atoms with Crippen molar-refractivity contribution in [3.8, 4) is 11.1 Å². The molecule has 0 unspecified atom stereocenters. The average molecular weight is 405 g/mol. The molecule has 0 radical (unpaired) electrons. The maximum absolute atomic E-state index is 12.1. The molecule has 0 aliphatic carbocycles. The molecule has 2 heterocycles. The van der Waals surface area contributed by atoms with E-state index in [0.717, 1.165) is 5.56 Å². The van der Waals surface area contributed by atoms with Gasteiger partial charge in [-0.25, -0.2) is 9.31 Å². The van der Waals surface area contributed by atoms with Crippen molar-refractivity contribution >= 4 is 29.2 Å². The van der Waals surface area contributed by atoms with E-state index in [1.54, 1.807) is 12.1 Å². The Bertz CT molecular complexity index is 1030. The van der Waals surface area contributed by atoms with E-state index in [1.165, 1.54) is 25.8 Å². The molecule has 146 valence electrons. The summed E-state index contributed by atoms with van der Waals surface area (Å²) in [4.78, 5) is 24.0. The van der Waals surface area contributed by atoms with E-state index in [1.807, 2.05) is 12.1 Å². The van der Waals surface area contributed by atoms with Gasteiger partial charge in [-0.15, -0.1) is 10.2 Å². The molecule has 0 fully saturated rings. The van der Waals surface area contributed by atoms with Gasteiger partial charge < -0.3 is 14.2 Å². The summed E-state index contributed by atoms with van der Waals surface area (Å²) in [6.07, 6.45) is -0.235. The molecule has 0 saturated heterocycles. The first-order chi connectivity index (χ1) is 13.5. The highest BCUT2D eigenvalue weighted by Gasteiger charge is 2.25. The van der Waals surface area contributed by atoms with E-state index in [2.05, 4.69) is 15.3 Å². The van der Waals surface area contributed by atoms with Crippen LogP contribution < -0.4 is 0 Å². The Balaban J connectivity index is 2.30. The van der Waals surface area contributed by atoms with Crippen LogP contribution in [-0.4, -0.2) is 53.1 Å². The largest absolute Gasteiger partial charge is 0.469 e. The van der Waals surface area contributed by atoms with Crippen LogP contribution in [0, 0.1) is 0 Å². The van der Waals surface area contributed by atoms with E-state index >= 15 is 0 Å². The molecule has 9 nitrogen and oxygen atoms in total. The van der Waals surface area contributed by atoms with Crippen LogP contribution in [0.1, 0.15) is 21.9 Å². The van der Waals surface area contributed by atoms with Gasteiger partial charge in [0.05, 0.1) is 44.2 Å². The number of carbonyl (C=O) groups excluding carboxylic acids is 2. The molecule has 28 heavy (non-hydrogen) atoms. The number of benzene rings is 1. The minimum absolute atomic E-state index is 0.116. The van der Waals surface area contributed by atoms with E-state index in [9.17, 15) is 9.59 Å². The van der Waals surface area contributed by atoms with Gasteiger partial charge in [0.15, 0.2) is 11.3 Å². The third-order valence-corrected chi connectivity index (χ3v) is 4.29. The van der Waals surface area contributed by atoms with Gasteiger partial charge in [0.25, 0.3) is 0 Å². The fourth-order valence-electron chi connectivity index (χ4n) is 2.76. The van der Waals surface area contributed by atoms with Gasteiger partial charge in [-0.05, 0) is 17.7 Å². The van der Waals surface area contributed by atoms with Crippen LogP contribution in [0.15, 0.2) is 24.3 Å². The number of nitrogens with zero attached hydrogens (tertiary/aromatic N) is 4. The maximum atomic E-state index is 12.1. The lowest BCUT2D eigenvalue weighted by atomic mass is 10.1. The molecule has 10 heteroatoms. The fourth-order valence-corrected chi connectivity index (χ4v) is 2.89. The summed E-state index contributed by atoms with van der Waals surface area (Å²) in [5.41, 5.74) is 2.47. The van der Waals surface area contributed by atoms with Gasteiger partial charge in [0, 0.05) is 12.1 Å². The van der Waals surface area contributed by atoms with Gasteiger partial charge >= 0.3 is 11.9 Å². The Hall–Kier alpha value is -3.04. The Morgan fingerprint density at radius 3 is 2.39 bits per heavy atom. The maximum Gasteiger partial charge on any atom is 0.360 e. The second-order valence-electron chi connectivity index (χ2n) is 5.74. The minimum atomic E-state index is -0.731. The van der Waals surface area contributed by atoms with Crippen LogP contribution in [0.4, 0.5) is 0 Å². The summed E-state index contributed by atoms with van der Waals surface area (Å²) in [6.45, 7) is 0.187. The van der Waals surface area contributed by atoms with E-state index in [4.69, 9.17) is 25.8 Å². The van der Waals surface area contributed by atoms with Gasteiger partial charge in [0.1, 0.15) is 0 Å². The number of fused-ring (bicyclic) bond motifs is 1. The monoisotopic (exact) mass is 404 g/mol. The molecule has 0 aliphatic heterocycles. The Kier molecular flexibility index (Phi) is 5.86. The van der Waals surface area contributed by atoms with Gasteiger partial charge in [0.2, 0.25) is 0 Å². The highest BCUT2D eigenvalue weighted by molar-refractivity contribution is 6.30. The predicted molar refractivity (Wildman–Crippen MR) is 99.0 cm³/mol. The van der Waals surface area contributed by atoms with Crippen molar-refractivity contribution in [2.24, 2.45) is 0 Å². The lowest BCUT2D eigenvalue weighted by Crippen LogP contribution is -2.19. The lowest BCUT2D eigenvalue weighted by molar-refractivity contribution is -0.139. The first kappa shape index (κ1) is 19.7. The zero-order valence-corrected chi connectivity index (χ0v) is 16.2. The molecule has 3 aromatic rings. The molecule has 0 bridgehead atoms. The minimum Gasteiger partial charge on any atom is -0.469 e. The topological polar surface area (TPSA) is 105 Å². The van der Waals surface area contributed by atoms with Crippen molar-refractivity contribution in [1.29, 1.82) is 0 Å². The second-order valence-corrected chi connectivity index (χ2v) is 6.17. The van der Waals surface area contributed by atoms with Crippen molar-refractivity contribution in [3.05, 3.63) is 46.4 Å². The van der Waals surface area contributed by atoms with E-state index in [0.29, 0.717) is 21.9 Å². The Labute approximate surface area is 165 Å². The third-order valence-electron chi connectivity index (χ3n) is 4.04. The average Bonchev–Trinajstić information content (AvgIpc) is 3.07. The van der Waals surface area contributed by atoms with Crippen LogP contribution in [-0.2, 0) is 32.0 Å². The zero-order valence-electron chi connectivity index (χ0n) is 15.4. The summed E-state index contributed by atoms with van der Waals surface area (Å²) in [5, 5.41) is 13.2. The van der Waals surface area contributed by atoms with Gasteiger partial charge in [-0.3, -0.25) is 4.79 Å². The van der Waals surface area contributed by atoms with Crippen molar-refractivity contribution in [3.63, 3.8) is 0 Å². The number of ether oxygens (including phenoxy) is 3. The summed E-state index contributed by atoms with van der Waals surface area (Å²) in [5.74, 6) is -1.29. The number of hydrogen-bond donors (Lipinski definition) is 0. The quantitative estimate of drug-likeness (QED) is 0.575. The van der Waals surface area contributed by atoms with E-state index in [-0.39, 0.29) is 24.4 Å². The van der Waals surface area contributed by atoms with Crippen molar-refractivity contribution < 1.29 is 23.8 Å². The smallest absolute Gasteiger partial charge is 0.360 e. The molecule has 0 spiro atoms. The number of rotatable bonds is 6. The number of hydrogen-bond acceptors (Lipinski definition) is 8. The summed E-state index contributed by atoms with van der Waals surface area (Å²) in [6, 6.07) is 7.11. The molecule has 0 amide bonds. The first-order valence-electron chi connectivity index (χ1n) is 8.17. The molecule has 3 rings (SSSR count). The molecule has 1 aromatic carbocycles. The summed E-state index contributed by atoms with van der Waals surface area (Å²) >= 11 is 5.99. The third kappa shape index (κ3) is 3.67. The zero-order chi connectivity index (χ0) is 20.3. The molecule has 0 N–H and O–H groups in total. The molecule has 0 atom stereocenters. The van der Waals surface area contributed by atoms with Crippen molar-refractivity contribution in [2.45, 2.75) is 13.0 Å². The number of esters is 2. The predicted octanol–water partition coefficient (Wildman–Crippen LogP) is 2.09. The molecule has 2 aromatic heterocycles. The van der Waals surface area contributed by atoms with E-state index < -0.39 is 11.9 Å². The summed E-state index contributed by atoms with van der Waals surface area (Å²) < 4.78 is 16.1. The number of halogens is 1. The highest BCUT2D eigenvalue weighted by Crippen LogP contribution is 2.30. The molecule has 0 saturated carbocycles. The standard InChI is InChI=1S/C18H17ClN4O5/c1-26-9-12-15(10-4-6-11(19)7-5-10)17-21-20-16(18(25)28-3)13(23(17)22-12)8-14(24)27-2/h4-7H,8-9H2,1-3H3. The SMILES string of the molecule is COCc1nn2c(CC(=O)OC)c(C(=O)OC)nnc2c1-c1ccc(Cl)cc1. The number of methoxy groups -OCH3 is 3. The Morgan fingerprint density at radius 2 is 1.79 bits per heavy atom. The molecular weight excluding hydrogens is 388 g/mol. The number of aromatic nitrogens is 4. The van der Waals surface area contributed by atoms with Crippen molar-refractivity contribution in [1.82, 2.24) is 19.8 Å². The first-order valence-corrected chi connectivity index (χ1v) is 8.55.